The Kier molecular flexibility index (Phi) is 6.52. The van der Waals surface area contributed by atoms with Gasteiger partial charge < -0.3 is 23.6 Å². The van der Waals surface area contributed by atoms with Crippen molar-refractivity contribution in [1.82, 2.24) is 25.2 Å². The van der Waals surface area contributed by atoms with E-state index < -0.39 is 5.82 Å². The van der Waals surface area contributed by atoms with E-state index in [1.54, 1.807) is 19.2 Å². The van der Waals surface area contributed by atoms with Crippen molar-refractivity contribution in [3.8, 4) is 28.5 Å². The van der Waals surface area contributed by atoms with Crippen LogP contribution in [-0.2, 0) is 9.47 Å². The first kappa shape index (κ1) is 26.1. The first-order valence-electron chi connectivity index (χ1n) is 13.9. The summed E-state index contributed by atoms with van der Waals surface area (Å²) < 4.78 is 36.0. The molecule has 214 valence electrons. The number of fused-ring (bicyclic) bond motifs is 2. The van der Waals surface area contributed by atoms with Gasteiger partial charge in [-0.3, -0.25) is 14.8 Å². The fourth-order valence-corrected chi connectivity index (χ4v) is 6.29. The van der Waals surface area contributed by atoms with Crippen molar-refractivity contribution >= 4 is 16.8 Å². The Balaban J connectivity index is 1.03. The molecule has 0 saturated carbocycles. The topological polar surface area (TPSA) is 106 Å². The molecular weight excluding hydrogens is 529 g/mol. The molecule has 0 radical (unpaired) electrons. The Labute approximate surface area is 236 Å². The van der Waals surface area contributed by atoms with E-state index in [1.807, 2.05) is 29.2 Å². The van der Waals surface area contributed by atoms with Crippen LogP contribution in [0.5, 0.6) is 5.75 Å². The number of hydrogen-bond acceptors (Lipinski definition) is 8. The van der Waals surface area contributed by atoms with Crippen LogP contribution < -0.4 is 4.74 Å². The standard InChI is InChI=1S/C30H32FN5O5/c1-30-16-35(21-14-39-15-21)12-20(30)13-36(17-30)29(37)19-5-3-18(4-6-19)24-10-27(41-34-24)28-22-9-23(31)26(40-8-7-38-2)11-25(22)32-33-28/h3-6,9-11,20-21H,7-8,12-17H2,1-2H3,(H,32,33)/t20-,30+/m0/s1. The van der Waals surface area contributed by atoms with Gasteiger partial charge in [0.25, 0.3) is 5.91 Å². The molecule has 10 nitrogen and oxygen atoms in total. The van der Waals surface area contributed by atoms with Crippen LogP contribution in [0.4, 0.5) is 4.39 Å². The number of halogens is 1. The second-order valence-electron chi connectivity index (χ2n) is 11.6. The molecule has 3 aliphatic rings. The number of aromatic nitrogens is 3. The average Bonchev–Trinajstić information content (AvgIpc) is 3.70. The van der Waals surface area contributed by atoms with Gasteiger partial charge in [-0.25, -0.2) is 4.39 Å². The van der Waals surface area contributed by atoms with Crippen LogP contribution >= 0.6 is 0 Å². The quantitative estimate of drug-likeness (QED) is 0.324. The van der Waals surface area contributed by atoms with Gasteiger partial charge in [-0.2, -0.15) is 5.10 Å². The summed E-state index contributed by atoms with van der Waals surface area (Å²) in [4.78, 5) is 17.9. The normalized spacial score (nSPS) is 22.8. The van der Waals surface area contributed by atoms with E-state index in [1.165, 1.54) is 6.07 Å². The average molecular weight is 562 g/mol. The van der Waals surface area contributed by atoms with Gasteiger partial charge in [-0.15, -0.1) is 0 Å². The van der Waals surface area contributed by atoms with E-state index in [0.717, 1.165) is 45.0 Å². The van der Waals surface area contributed by atoms with Gasteiger partial charge in [0.05, 0.1) is 31.4 Å². The molecule has 3 aliphatic heterocycles. The highest BCUT2D eigenvalue weighted by atomic mass is 19.1. The number of methoxy groups -OCH3 is 1. The summed E-state index contributed by atoms with van der Waals surface area (Å²) in [5, 5.41) is 12.0. The number of H-pyrrole nitrogens is 1. The van der Waals surface area contributed by atoms with E-state index in [9.17, 15) is 9.18 Å². The molecule has 1 amide bonds. The van der Waals surface area contributed by atoms with Gasteiger partial charge in [0.2, 0.25) is 0 Å². The highest BCUT2D eigenvalue weighted by Gasteiger charge is 2.52. The maximum absolute atomic E-state index is 14.7. The molecule has 5 heterocycles. The van der Waals surface area contributed by atoms with Crippen molar-refractivity contribution in [3.63, 3.8) is 0 Å². The maximum Gasteiger partial charge on any atom is 0.253 e. The summed E-state index contributed by atoms with van der Waals surface area (Å²) >= 11 is 0. The molecule has 0 unspecified atom stereocenters. The molecule has 1 N–H and O–H groups in total. The number of likely N-dealkylation sites (tertiary alicyclic amines) is 2. The fourth-order valence-electron chi connectivity index (χ4n) is 6.29. The first-order chi connectivity index (χ1) is 19.9. The third-order valence-corrected chi connectivity index (χ3v) is 8.75. The Morgan fingerprint density at radius 1 is 1.15 bits per heavy atom. The number of ether oxygens (including phenoxy) is 3. The summed E-state index contributed by atoms with van der Waals surface area (Å²) in [5.74, 6) is 0.563. The third-order valence-electron chi connectivity index (χ3n) is 8.75. The summed E-state index contributed by atoms with van der Waals surface area (Å²) in [6.07, 6.45) is 0. The number of nitrogens with zero attached hydrogens (tertiary/aromatic N) is 4. The number of aromatic amines is 1. The van der Waals surface area contributed by atoms with Crippen LogP contribution in [0.1, 0.15) is 17.3 Å². The van der Waals surface area contributed by atoms with Crippen LogP contribution in [0, 0.1) is 17.2 Å². The molecule has 2 aromatic carbocycles. The van der Waals surface area contributed by atoms with Crippen LogP contribution in [0.25, 0.3) is 33.6 Å². The highest BCUT2D eigenvalue weighted by Crippen LogP contribution is 2.43. The number of amides is 1. The largest absolute Gasteiger partial charge is 0.488 e. The smallest absolute Gasteiger partial charge is 0.253 e. The molecule has 41 heavy (non-hydrogen) atoms. The van der Waals surface area contributed by atoms with E-state index >= 15 is 0 Å². The maximum atomic E-state index is 14.7. The zero-order valence-corrected chi connectivity index (χ0v) is 23.1. The molecule has 0 bridgehead atoms. The molecule has 0 spiro atoms. The summed E-state index contributed by atoms with van der Waals surface area (Å²) in [6.45, 7) is 8.16. The minimum Gasteiger partial charge on any atom is -0.488 e. The predicted molar refractivity (Wildman–Crippen MR) is 148 cm³/mol. The van der Waals surface area contributed by atoms with Crippen LogP contribution in [-0.4, -0.2) is 96.8 Å². The summed E-state index contributed by atoms with van der Waals surface area (Å²) in [5.41, 5.74) is 3.24. The number of nitrogens with one attached hydrogen (secondary N) is 1. The number of carbonyl (C=O) groups is 1. The van der Waals surface area contributed by atoms with Gasteiger partial charge in [0.1, 0.15) is 18.0 Å². The molecule has 3 fully saturated rings. The fraction of sp³-hybridized carbons (Fsp3) is 0.433. The molecule has 3 saturated heterocycles. The van der Waals surface area contributed by atoms with Gasteiger partial charge in [0.15, 0.2) is 17.3 Å². The Bertz CT molecular complexity index is 1580. The van der Waals surface area contributed by atoms with Gasteiger partial charge in [-0.05, 0) is 24.1 Å². The van der Waals surface area contributed by atoms with E-state index in [0.29, 0.717) is 52.2 Å². The van der Waals surface area contributed by atoms with E-state index in [4.69, 9.17) is 18.7 Å². The van der Waals surface area contributed by atoms with Crippen molar-refractivity contribution in [1.29, 1.82) is 0 Å². The molecule has 2 atom stereocenters. The van der Waals surface area contributed by atoms with Crippen LogP contribution in [0.2, 0.25) is 0 Å². The Hall–Kier alpha value is -3.80. The first-order valence-corrected chi connectivity index (χ1v) is 13.9. The van der Waals surface area contributed by atoms with Gasteiger partial charge in [-0.1, -0.05) is 24.2 Å². The highest BCUT2D eigenvalue weighted by molar-refractivity contribution is 5.95. The Morgan fingerprint density at radius 3 is 2.71 bits per heavy atom. The van der Waals surface area contributed by atoms with Gasteiger partial charge >= 0.3 is 0 Å². The lowest BCUT2D eigenvalue weighted by molar-refractivity contribution is -0.0613. The van der Waals surface area contributed by atoms with Crippen molar-refractivity contribution in [2.75, 3.05) is 59.7 Å². The van der Waals surface area contributed by atoms with Crippen molar-refractivity contribution in [2.24, 2.45) is 11.3 Å². The zero-order chi connectivity index (χ0) is 28.1. The second kappa shape index (κ2) is 10.2. The lowest BCUT2D eigenvalue weighted by atomic mass is 9.83. The molecule has 2 aromatic heterocycles. The molecule has 0 aliphatic carbocycles. The summed E-state index contributed by atoms with van der Waals surface area (Å²) in [7, 11) is 1.56. The minimum absolute atomic E-state index is 0.0575. The SMILES string of the molecule is COCCOc1cc2[nH]nc(-c3cc(-c4ccc(C(=O)N5C[C@@H]6CN(C7COC7)C[C@]6(C)C5)cc4)no3)c2cc1F. The van der Waals surface area contributed by atoms with Crippen molar-refractivity contribution in [3.05, 3.63) is 53.8 Å². The monoisotopic (exact) mass is 561 g/mol. The zero-order valence-electron chi connectivity index (χ0n) is 23.1. The van der Waals surface area contributed by atoms with E-state index in [-0.39, 0.29) is 23.7 Å². The van der Waals surface area contributed by atoms with Crippen molar-refractivity contribution < 1.29 is 27.9 Å². The summed E-state index contributed by atoms with van der Waals surface area (Å²) in [6, 6.07) is 12.7. The number of hydrogen-bond donors (Lipinski definition) is 1. The second-order valence-corrected chi connectivity index (χ2v) is 11.6. The predicted octanol–water partition coefficient (Wildman–Crippen LogP) is 3.84. The van der Waals surface area contributed by atoms with Crippen LogP contribution in [0.15, 0.2) is 47.0 Å². The third kappa shape index (κ3) is 4.67. The van der Waals surface area contributed by atoms with E-state index in [2.05, 4.69) is 27.2 Å². The Morgan fingerprint density at radius 2 is 1.98 bits per heavy atom. The molecule has 7 rings (SSSR count). The number of rotatable bonds is 8. The van der Waals surface area contributed by atoms with Crippen molar-refractivity contribution in [2.45, 2.75) is 13.0 Å². The lowest BCUT2D eigenvalue weighted by Gasteiger charge is -2.36. The molecule has 11 heteroatoms. The van der Waals surface area contributed by atoms with Gasteiger partial charge in [0, 0.05) is 67.3 Å². The number of benzene rings is 2. The lowest BCUT2D eigenvalue weighted by Crippen LogP contribution is -2.49. The van der Waals surface area contributed by atoms with Crippen LogP contribution in [0.3, 0.4) is 0 Å². The number of carbonyl (C=O) groups excluding carboxylic acids is 1. The molecule has 4 aromatic rings. The molecular formula is C30H32FN5O5. The minimum atomic E-state index is -0.503.